The standard InChI is InChI=1S/C15H14N2OS/c1-10-5-6-12-13(8-10)14(16-17(2)15(12)18)9-11-4-3-7-19-11/h3-9,16H,1-2H3/b14-9-. The van der Waals surface area contributed by atoms with Crippen molar-refractivity contribution in [2.75, 3.05) is 7.05 Å². The molecule has 0 atom stereocenters. The summed E-state index contributed by atoms with van der Waals surface area (Å²) in [6.07, 6.45) is 2.08. The fourth-order valence-electron chi connectivity index (χ4n) is 2.17. The van der Waals surface area contributed by atoms with Crippen molar-refractivity contribution >= 4 is 29.0 Å². The fourth-order valence-corrected chi connectivity index (χ4v) is 2.82. The van der Waals surface area contributed by atoms with E-state index in [1.54, 1.807) is 18.4 Å². The minimum atomic E-state index is -0.00155. The van der Waals surface area contributed by atoms with Crippen LogP contribution in [0.2, 0.25) is 0 Å². The minimum absolute atomic E-state index is 0.00155. The molecule has 19 heavy (non-hydrogen) atoms. The first-order chi connectivity index (χ1) is 9.15. The number of nitrogens with one attached hydrogen (secondary N) is 1. The Morgan fingerprint density at radius 2 is 2.11 bits per heavy atom. The lowest BCUT2D eigenvalue weighted by atomic mass is 9.99. The summed E-state index contributed by atoms with van der Waals surface area (Å²) in [5, 5.41) is 3.57. The number of aryl methyl sites for hydroxylation is 1. The average molecular weight is 270 g/mol. The molecule has 0 bridgehead atoms. The molecule has 1 aromatic carbocycles. The van der Waals surface area contributed by atoms with Gasteiger partial charge in [-0.15, -0.1) is 11.3 Å². The lowest BCUT2D eigenvalue weighted by Gasteiger charge is -2.29. The minimum Gasteiger partial charge on any atom is -0.295 e. The van der Waals surface area contributed by atoms with Gasteiger partial charge >= 0.3 is 0 Å². The number of amides is 1. The molecule has 2 heterocycles. The van der Waals surface area contributed by atoms with Crippen molar-refractivity contribution in [3.8, 4) is 0 Å². The first kappa shape index (κ1) is 12.0. The van der Waals surface area contributed by atoms with E-state index in [2.05, 4.69) is 17.6 Å². The van der Waals surface area contributed by atoms with Crippen molar-refractivity contribution in [3.63, 3.8) is 0 Å². The molecule has 0 radical (unpaired) electrons. The zero-order chi connectivity index (χ0) is 13.4. The number of fused-ring (bicyclic) bond motifs is 1. The van der Waals surface area contributed by atoms with Gasteiger partial charge in [-0.3, -0.25) is 15.2 Å². The summed E-state index contributed by atoms with van der Waals surface area (Å²) in [5.41, 5.74) is 6.96. The van der Waals surface area contributed by atoms with Gasteiger partial charge in [0.1, 0.15) is 0 Å². The predicted molar refractivity (Wildman–Crippen MR) is 78.6 cm³/mol. The maximum atomic E-state index is 12.1. The second kappa shape index (κ2) is 4.55. The van der Waals surface area contributed by atoms with Crippen molar-refractivity contribution in [2.45, 2.75) is 6.92 Å². The van der Waals surface area contributed by atoms with E-state index in [0.717, 1.165) is 27.3 Å². The van der Waals surface area contributed by atoms with Crippen LogP contribution >= 0.6 is 11.3 Å². The van der Waals surface area contributed by atoms with Crippen LogP contribution < -0.4 is 5.43 Å². The van der Waals surface area contributed by atoms with Gasteiger partial charge in [-0.2, -0.15) is 0 Å². The quantitative estimate of drug-likeness (QED) is 0.863. The van der Waals surface area contributed by atoms with Crippen molar-refractivity contribution in [1.29, 1.82) is 0 Å². The highest BCUT2D eigenvalue weighted by Crippen LogP contribution is 2.27. The third-order valence-corrected chi connectivity index (χ3v) is 3.94. The molecule has 1 aliphatic heterocycles. The molecule has 1 aliphatic rings. The first-order valence-electron chi connectivity index (χ1n) is 6.06. The summed E-state index contributed by atoms with van der Waals surface area (Å²) in [6.45, 7) is 2.03. The van der Waals surface area contributed by atoms with Gasteiger partial charge in [-0.05, 0) is 36.6 Å². The largest absolute Gasteiger partial charge is 0.295 e. The molecule has 0 spiro atoms. The third-order valence-electron chi connectivity index (χ3n) is 3.12. The number of thiophene rings is 1. The molecule has 96 valence electrons. The second-order valence-corrected chi connectivity index (χ2v) is 5.58. The van der Waals surface area contributed by atoms with Crippen LogP contribution in [-0.2, 0) is 0 Å². The third kappa shape index (κ3) is 2.15. The number of nitrogens with zero attached hydrogens (tertiary/aromatic N) is 1. The maximum absolute atomic E-state index is 12.1. The van der Waals surface area contributed by atoms with Crippen LogP contribution in [-0.4, -0.2) is 18.0 Å². The highest BCUT2D eigenvalue weighted by Gasteiger charge is 2.24. The molecule has 4 heteroatoms. The van der Waals surface area contributed by atoms with Gasteiger partial charge in [0, 0.05) is 17.5 Å². The van der Waals surface area contributed by atoms with E-state index >= 15 is 0 Å². The average Bonchev–Trinajstić information content (AvgIpc) is 2.88. The summed E-state index contributed by atoms with van der Waals surface area (Å²) < 4.78 is 0. The van der Waals surface area contributed by atoms with Crippen LogP contribution in [0.1, 0.15) is 26.4 Å². The van der Waals surface area contributed by atoms with Gasteiger partial charge in [0.2, 0.25) is 0 Å². The van der Waals surface area contributed by atoms with E-state index in [-0.39, 0.29) is 5.91 Å². The number of carbonyl (C=O) groups excluding carboxylic acids is 1. The lowest BCUT2D eigenvalue weighted by Crippen LogP contribution is -2.42. The first-order valence-corrected chi connectivity index (χ1v) is 6.94. The van der Waals surface area contributed by atoms with Crippen LogP contribution in [0, 0.1) is 6.92 Å². The molecule has 0 saturated heterocycles. The van der Waals surface area contributed by atoms with E-state index in [4.69, 9.17) is 0 Å². The van der Waals surface area contributed by atoms with Gasteiger partial charge in [0.15, 0.2) is 0 Å². The smallest absolute Gasteiger partial charge is 0.272 e. The summed E-state index contributed by atoms with van der Waals surface area (Å²) in [7, 11) is 1.74. The van der Waals surface area contributed by atoms with E-state index in [0.29, 0.717) is 0 Å². The number of rotatable bonds is 1. The normalized spacial score (nSPS) is 16.4. The van der Waals surface area contributed by atoms with E-state index in [9.17, 15) is 4.79 Å². The Hall–Kier alpha value is -2.07. The highest BCUT2D eigenvalue weighted by molar-refractivity contribution is 7.10. The molecule has 2 aromatic rings. The molecule has 0 saturated carbocycles. The van der Waals surface area contributed by atoms with Crippen LogP contribution in [0.15, 0.2) is 35.7 Å². The molecular weight excluding hydrogens is 256 g/mol. The Bertz CT molecular complexity index is 659. The zero-order valence-corrected chi connectivity index (χ0v) is 11.6. The van der Waals surface area contributed by atoms with Gasteiger partial charge in [-0.1, -0.05) is 17.7 Å². The molecule has 0 aliphatic carbocycles. The second-order valence-electron chi connectivity index (χ2n) is 4.60. The summed E-state index contributed by atoms with van der Waals surface area (Å²) in [4.78, 5) is 13.3. The molecule has 1 N–H and O–H groups in total. The molecule has 1 aromatic heterocycles. The van der Waals surface area contributed by atoms with Crippen LogP contribution in [0.4, 0.5) is 0 Å². The van der Waals surface area contributed by atoms with Gasteiger partial charge < -0.3 is 0 Å². The van der Waals surface area contributed by atoms with E-state index < -0.39 is 0 Å². The van der Waals surface area contributed by atoms with Gasteiger partial charge in [0.05, 0.1) is 11.3 Å². The highest BCUT2D eigenvalue weighted by atomic mass is 32.1. The van der Waals surface area contributed by atoms with Crippen molar-refractivity contribution < 1.29 is 4.79 Å². The maximum Gasteiger partial charge on any atom is 0.272 e. The molecule has 0 fully saturated rings. The number of benzene rings is 1. The summed E-state index contributed by atoms with van der Waals surface area (Å²) in [6, 6.07) is 10.00. The molecule has 0 unspecified atom stereocenters. The fraction of sp³-hybridized carbons (Fsp3) is 0.133. The summed E-state index contributed by atoms with van der Waals surface area (Å²) >= 11 is 1.68. The van der Waals surface area contributed by atoms with Crippen molar-refractivity contribution in [3.05, 3.63) is 57.3 Å². The monoisotopic (exact) mass is 270 g/mol. The van der Waals surface area contributed by atoms with Gasteiger partial charge in [0.25, 0.3) is 5.91 Å². The van der Waals surface area contributed by atoms with E-state index in [1.807, 2.05) is 36.6 Å². The topological polar surface area (TPSA) is 32.3 Å². The zero-order valence-electron chi connectivity index (χ0n) is 10.8. The Balaban J connectivity index is 2.15. The Morgan fingerprint density at radius 3 is 2.84 bits per heavy atom. The van der Waals surface area contributed by atoms with Gasteiger partial charge in [-0.25, -0.2) is 0 Å². The van der Waals surface area contributed by atoms with Crippen LogP contribution in [0.3, 0.4) is 0 Å². The molecule has 3 rings (SSSR count). The molecular formula is C15H14N2OS. The predicted octanol–water partition coefficient (Wildman–Crippen LogP) is 3.14. The lowest BCUT2D eigenvalue weighted by molar-refractivity contribution is 0.0742. The Labute approximate surface area is 116 Å². The Morgan fingerprint density at radius 1 is 1.26 bits per heavy atom. The van der Waals surface area contributed by atoms with Crippen LogP contribution in [0.5, 0.6) is 0 Å². The van der Waals surface area contributed by atoms with E-state index in [1.165, 1.54) is 5.01 Å². The van der Waals surface area contributed by atoms with Crippen molar-refractivity contribution in [1.82, 2.24) is 10.4 Å². The Kier molecular flexibility index (Phi) is 2.87. The number of hydrazine groups is 1. The SMILES string of the molecule is Cc1ccc2c(c1)/C(=C/c1cccs1)NN(C)C2=O. The molecule has 3 nitrogen and oxygen atoms in total. The van der Waals surface area contributed by atoms with Crippen molar-refractivity contribution in [2.24, 2.45) is 0 Å². The van der Waals surface area contributed by atoms with Crippen LogP contribution in [0.25, 0.3) is 11.8 Å². The number of hydrogen-bond acceptors (Lipinski definition) is 3. The summed E-state index contributed by atoms with van der Waals surface area (Å²) in [5.74, 6) is -0.00155. The number of carbonyl (C=O) groups is 1. The number of hydrogen-bond donors (Lipinski definition) is 1. The molecule has 1 amide bonds.